The molecule has 2 heterocycles. The Morgan fingerprint density at radius 1 is 0.964 bits per heavy atom. The number of nitrogens with two attached hydrogens (primary N) is 1. The Balaban J connectivity index is 1.63. The van der Waals surface area contributed by atoms with Crippen LogP contribution in [0.1, 0.15) is 4.88 Å². The minimum atomic E-state index is -3.72. The average Bonchev–Trinajstić information content (AvgIpc) is 3.19. The Labute approximate surface area is 166 Å². The Kier molecular flexibility index (Phi) is 4.95. The first kappa shape index (κ1) is 18.4. The van der Waals surface area contributed by atoms with E-state index in [1.165, 1.54) is 17.0 Å². The van der Waals surface area contributed by atoms with Crippen LogP contribution in [-0.2, 0) is 16.6 Å². The summed E-state index contributed by atoms with van der Waals surface area (Å²) >= 11 is 1.68. The number of hydrogen-bond acceptors (Lipinski definition) is 7. The molecule has 0 fully saturated rings. The molecule has 0 spiro atoms. The van der Waals surface area contributed by atoms with Crippen molar-refractivity contribution in [1.82, 2.24) is 9.97 Å². The topological polar surface area (TPSA) is 110 Å². The predicted molar refractivity (Wildman–Crippen MR) is 112 cm³/mol. The molecule has 0 aliphatic rings. The van der Waals surface area contributed by atoms with Gasteiger partial charge in [0.25, 0.3) is 0 Å². The molecule has 0 aliphatic heterocycles. The van der Waals surface area contributed by atoms with Crippen LogP contribution < -0.4 is 15.8 Å². The molecule has 142 valence electrons. The molecule has 0 amide bonds. The fourth-order valence-corrected chi connectivity index (χ4v) is 3.87. The quantitative estimate of drug-likeness (QED) is 0.446. The second-order valence-electron chi connectivity index (χ2n) is 6.04. The van der Waals surface area contributed by atoms with Gasteiger partial charge in [0.2, 0.25) is 16.0 Å². The molecular formula is C19H17N5O2S2. The third-order valence-corrected chi connectivity index (χ3v) is 5.86. The molecule has 4 rings (SSSR count). The number of thiophene rings is 1. The van der Waals surface area contributed by atoms with Crippen molar-refractivity contribution in [3.8, 4) is 0 Å². The van der Waals surface area contributed by atoms with Gasteiger partial charge in [-0.15, -0.1) is 11.3 Å². The molecule has 2 aromatic heterocycles. The van der Waals surface area contributed by atoms with Crippen LogP contribution in [-0.4, -0.2) is 18.4 Å². The zero-order chi connectivity index (χ0) is 19.6. The summed E-state index contributed by atoms with van der Waals surface area (Å²) in [5.41, 5.74) is 1.46. The maximum atomic E-state index is 11.4. The second-order valence-corrected chi connectivity index (χ2v) is 8.63. The standard InChI is InChI=1S/C19H17N5O2S2/c20-28(25,26)15-9-7-13(8-10-15)22-19-23-17-6-2-1-5-16(17)18(24-19)21-12-14-4-3-11-27-14/h1-11H,12H2,(H2,20,25,26)(H2,21,22,23,24). The second kappa shape index (κ2) is 7.55. The summed E-state index contributed by atoms with van der Waals surface area (Å²) < 4.78 is 22.8. The van der Waals surface area contributed by atoms with Gasteiger partial charge >= 0.3 is 0 Å². The highest BCUT2D eigenvalue weighted by Crippen LogP contribution is 2.25. The van der Waals surface area contributed by atoms with E-state index >= 15 is 0 Å². The summed E-state index contributed by atoms with van der Waals surface area (Å²) in [5, 5.41) is 14.6. The van der Waals surface area contributed by atoms with Crippen molar-refractivity contribution in [2.45, 2.75) is 11.4 Å². The minimum absolute atomic E-state index is 0.0517. The molecule has 4 aromatic rings. The van der Waals surface area contributed by atoms with Gasteiger partial charge in [0.15, 0.2) is 0 Å². The summed E-state index contributed by atoms with van der Waals surface area (Å²) in [6, 6.07) is 18.0. The van der Waals surface area contributed by atoms with Gasteiger partial charge in [-0.2, -0.15) is 4.98 Å². The molecule has 7 nitrogen and oxygen atoms in total. The first-order valence-corrected chi connectivity index (χ1v) is 10.8. The van der Waals surface area contributed by atoms with Crippen LogP contribution in [0.2, 0.25) is 0 Å². The van der Waals surface area contributed by atoms with E-state index in [1.54, 1.807) is 23.5 Å². The Morgan fingerprint density at radius 3 is 2.46 bits per heavy atom. The highest BCUT2D eigenvalue weighted by molar-refractivity contribution is 7.89. The zero-order valence-electron chi connectivity index (χ0n) is 14.7. The Morgan fingerprint density at radius 2 is 1.75 bits per heavy atom. The summed E-state index contributed by atoms with van der Waals surface area (Å²) in [7, 11) is -3.72. The number of hydrogen-bond donors (Lipinski definition) is 3. The van der Waals surface area contributed by atoms with Gasteiger partial charge in [0.1, 0.15) is 5.82 Å². The van der Waals surface area contributed by atoms with Gasteiger partial charge in [-0.05, 0) is 47.8 Å². The smallest absolute Gasteiger partial charge is 0.238 e. The lowest BCUT2D eigenvalue weighted by molar-refractivity contribution is 0.598. The summed E-state index contributed by atoms with van der Waals surface area (Å²) in [6.07, 6.45) is 0. The number of primary sulfonamides is 1. The molecule has 28 heavy (non-hydrogen) atoms. The average molecular weight is 412 g/mol. The predicted octanol–water partition coefficient (Wildman–Crippen LogP) is 3.69. The number of rotatable bonds is 6. The van der Waals surface area contributed by atoms with Gasteiger partial charge in [0, 0.05) is 16.0 Å². The van der Waals surface area contributed by atoms with E-state index in [2.05, 4.69) is 26.7 Å². The molecular weight excluding hydrogens is 394 g/mol. The summed E-state index contributed by atoms with van der Waals surface area (Å²) in [6.45, 7) is 0.668. The lowest BCUT2D eigenvalue weighted by Crippen LogP contribution is -2.11. The van der Waals surface area contributed by atoms with Gasteiger partial charge in [0.05, 0.1) is 17.0 Å². The van der Waals surface area contributed by atoms with Crippen molar-refractivity contribution in [1.29, 1.82) is 0 Å². The van der Waals surface area contributed by atoms with Gasteiger partial charge in [-0.1, -0.05) is 18.2 Å². The molecule has 0 saturated heterocycles. The molecule has 0 unspecified atom stereocenters. The van der Waals surface area contributed by atoms with E-state index in [1.807, 2.05) is 35.7 Å². The van der Waals surface area contributed by atoms with Crippen molar-refractivity contribution in [2.24, 2.45) is 5.14 Å². The zero-order valence-corrected chi connectivity index (χ0v) is 16.3. The van der Waals surface area contributed by atoms with Crippen LogP contribution in [0, 0.1) is 0 Å². The van der Waals surface area contributed by atoms with Crippen LogP contribution >= 0.6 is 11.3 Å². The van der Waals surface area contributed by atoms with Gasteiger partial charge in [-0.25, -0.2) is 18.5 Å². The number of anilines is 3. The van der Waals surface area contributed by atoms with E-state index in [0.717, 1.165) is 16.7 Å². The van der Waals surface area contributed by atoms with Crippen molar-refractivity contribution in [3.63, 3.8) is 0 Å². The number of nitrogens with one attached hydrogen (secondary N) is 2. The fourth-order valence-electron chi connectivity index (χ4n) is 2.71. The first-order valence-electron chi connectivity index (χ1n) is 8.42. The highest BCUT2D eigenvalue weighted by atomic mass is 32.2. The van der Waals surface area contributed by atoms with Crippen LogP contribution in [0.25, 0.3) is 10.9 Å². The van der Waals surface area contributed by atoms with E-state index in [0.29, 0.717) is 18.2 Å². The number of aromatic nitrogens is 2. The minimum Gasteiger partial charge on any atom is -0.364 e. The molecule has 2 aromatic carbocycles. The van der Waals surface area contributed by atoms with Crippen molar-refractivity contribution >= 4 is 49.7 Å². The van der Waals surface area contributed by atoms with E-state index in [-0.39, 0.29) is 4.90 Å². The summed E-state index contributed by atoms with van der Waals surface area (Å²) in [4.78, 5) is 10.4. The molecule has 0 atom stereocenters. The molecule has 0 saturated carbocycles. The van der Waals surface area contributed by atoms with Crippen LogP contribution in [0.5, 0.6) is 0 Å². The van der Waals surface area contributed by atoms with Gasteiger partial charge < -0.3 is 10.6 Å². The van der Waals surface area contributed by atoms with Crippen molar-refractivity contribution in [3.05, 3.63) is 70.9 Å². The summed E-state index contributed by atoms with van der Waals surface area (Å²) in [5.74, 6) is 1.14. The van der Waals surface area contributed by atoms with E-state index in [9.17, 15) is 8.42 Å². The van der Waals surface area contributed by atoms with Crippen molar-refractivity contribution < 1.29 is 8.42 Å². The van der Waals surface area contributed by atoms with E-state index in [4.69, 9.17) is 5.14 Å². The van der Waals surface area contributed by atoms with Crippen LogP contribution in [0.3, 0.4) is 0 Å². The number of fused-ring (bicyclic) bond motifs is 1. The fraction of sp³-hybridized carbons (Fsp3) is 0.0526. The number of nitrogens with zero attached hydrogens (tertiary/aromatic N) is 2. The molecule has 0 bridgehead atoms. The lowest BCUT2D eigenvalue weighted by atomic mass is 10.2. The molecule has 0 aliphatic carbocycles. The number of sulfonamides is 1. The lowest BCUT2D eigenvalue weighted by Gasteiger charge is -2.11. The Hall–Kier alpha value is -3.01. The van der Waals surface area contributed by atoms with Crippen LogP contribution in [0.15, 0.2) is 70.9 Å². The largest absolute Gasteiger partial charge is 0.364 e. The first-order chi connectivity index (χ1) is 13.5. The van der Waals surface area contributed by atoms with Gasteiger partial charge in [-0.3, -0.25) is 0 Å². The third kappa shape index (κ3) is 4.11. The normalized spacial score (nSPS) is 11.5. The number of benzene rings is 2. The molecule has 9 heteroatoms. The SMILES string of the molecule is NS(=O)(=O)c1ccc(Nc2nc(NCc3cccs3)c3ccccc3n2)cc1. The number of para-hydroxylation sites is 1. The van der Waals surface area contributed by atoms with E-state index < -0.39 is 10.0 Å². The molecule has 0 radical (unpaired) electrons. The maximum absolute atomic E-state index is 11.4. The Bertz CT molecular complexity index is 1210. The monoisotopic (exact) mass is 411 g/mol. The molecule has 4 N–H and O–H groups in total. The van der Waals surface area contributed by atoms with Crippen molar-refractivity contribution in [2.75, 3.05) is 10.6 Å². The third-order valence-electron chi connectivity index (χ3n) is 4.05. The maximum Gasteiger partial charge on any atom is 0.238 e. The highest BCUT2D eigenvalue weighted by Gasteiger charge is 2.10. The van der Waals surface area contributed by atoms with Crippen LogP contribution in [0.4, 0.5) is 17.5 Å².